The van der Waals surface area contributed by atoms with Crippen molar-refractivity contribution in [2.24, 2.45) is 0 Å². The van der Waals surface area contributed by atoms with Gasteiger partial charge in [-0.25, -0.2) is 4.52 Å². The van der Waals surface area contributed by atoms with Gasteiger partial charge in [0.25, 0.3) is 0 Å². The summed E-state index contributed by atoms with van der Waals surface area (Å²) in [6.07, 6.45) is 0. The third kappa shape index (κ3) is 6.12. The van der Waals surface area contributed by atoms with Crippen LogP contribution < -0.4 is 4.90 Å². The topological polar surface area (TPSA) is 20.5 Å². The maximum atomic E-state index is 5.42. The first kappa shape index (κ1) is 33.1. The summed E-state index contributed by atoms with van der Waals surface area (Å²) in [7, 11) is 0. The minimum absolute atomic E-state index is 0.961. The Morgan fingerprint density at radius 2 is 0.821 bits per heavy atom. The van der Waals surface area contributed by atoms with Crippen molar-refractivity contribution in [3.63, 3.8) is 0 Å². The highest BCUT2D eigenvalue weighted by molar-refractivity contribution is 6.09. The van der Waals surface area contributed by atoms with Crippen LogP contribution in [0.4, 0.5) is 17.1 Å². The normalized spacial score (nSPS) is 11.2. The van der Waals surface area contributed by atoms with Gasteiger partial charge < -0.3 is 4.90 Å². The van der Waals surface area contributed by atoms with Crippen molar-refractivity contribution in [3.05, 3.63) is 224 Å². The van der Waals surface area contributed by atoms with Gasteiger partial charge >= 0.3 is 0 Å². The number of anilines is 3. The van der Waals surface area contributed by atoms with E-state index in [2.05, 4.69) is 234 Å². The van der Waals surface area contributed by atoms with Gasteiger partial charge in [0, 0.05) is 39.1 Å². The van der Waals surface area contributed by atoms with Crippen LogP contribution in [0.25, 0.3) is 72.2 Å². The Hall–Kier alpha value is -7.49. The fraction of sp³-hybridized carbons (Fsp3) is 0. The van der Waals surface area contributed by atoms with E-state index in [1.807, 2.05) is 0 Å². The molecule has 0 saturated carbocycles. The first-order chi connectivity index (χ1) is 27.8. The molecule has 264 valence electrons. The van der Waals surface area contributed by atoms with Gasteiger partial charge in [-0.1, -0.05) is 176 Å². The van der Waals surface area contributed by atoms with Gasteiger partial charge in [-0.3, -0.25) is 0 Å². The quantitative estimate of drug-likeness (QED) is 0.156. The molecule has 3 heteroatoms. The Balaban J connectivity index is 1.26. The SMILES string of the molecule is c1ccc(-c2cc(-c3ccccc3)cc(N(c3ccccc3)c3ccc4c(c3)cc(-c3ccccc3)n3nc(-c5ccccc5)c(-c5ccccc5)c43)c2)cc1. The fourth-order valence-electron chi connectivity index (χ4n) is 7.92. The van der Waals surface area contributed by atoms with Crippen LogP contribution in [-0.4, -0.2) is 9.61 Å². The summed E-state index contributed by atoms with van der Waals surface area (Å²) in [5.74, 6) is 0. The molecule has 10 rings (SSSR count). The van der Waals surface area contributed by atoms with Crippen LogP contribution in [0.1, 0.15) is 0 Å². The summed E-state index contributed by atoms with van der Waals surface area (Å²) in [6.45, 7) is 0. The van der Waals surface area contributed by atoms with Crippen LogP contribution in [-0.2, 0) is 0 Å². The Kier molecular flexibility index (Phi) is 8.51. The number of para-hydroxylation sites is 1. The minimum atomic E-state index is 0.961. The molecule has 0 fully saturated rings. The van der Waals surface area contributed by atoms with Crippen LogP contribution in [0.15, 0.2) is 224 Å². The van der Waals surface area contributed by atoms with Crippen molar-refractivity contribution in [1.82, 2.24) is 9.61 Å². The molecular weight excluding hydrogens is 679 g/mol. The highest BCUT2D eigenvalue weighted by atomic mass is 15.2. The lowest BCUT2D eigenvalue weighted by Crippen LogP contribution is -2.10. The number of aromatic nitrogens is 2. The van der Waals surface area contributed by atoms with Gasteiger partial charge in [0.15, 0.2) is 0 Å². The van der Waals surface area contributed by atoms with Crippen molar-refractivity contribution in [1.29, 1.82) is 0 Å². The second-order valence-corrected chi connectivity index (χ2v) is 14.1. The molecule has 0 atom stereocenters. The number of pyridine rings is 1. The maximum Gasteiger partial charge on any atom is 0.101 e. The molecule has 3 nitrogen and oxygen atoms in total. The molecule has 0 unspecified atom stereocenters. The molecule has 0 amide bonds. The number of fused-ring (bicyclic) bond motifs is 3. The summed E-state index contributed by atoms with van der Waals surface area (Å²) < 4.78 is 2.16. The summed E-state index contributed by atoms with van der Waals surface area (Å²) in [5, 5.41) is 7.69. The fourth-order valence-corrected chi connectivity index (χ4v) is 7.92. The van der Waals surface area contributed by atoms with Gasteiger partial charge in [-0.05, 0) is 81.7 Å². The van der Waals surface area contributed by atoms with Gasteiger partial charge in [0.2, 0.25) is 0 Å². The summed E-state index contributed by atoms with van der Waals surface area (Å²) in [5.41, 5.74) is 15.4. The van der Waals surface area contributed by atoms with E-state index in [0.29, 0.717) is 0 Å². The second-order valence-electron chi connectivity index (χ2n) is 14.1. The predicted molar refractivity (Wildman–Crippen MR) is 235 cm³/mol. The maximum absolute atomic E-state index is 5.42. The highest BCUT2D eigenvalue weighted by Gasteiger charge is 2.23. The molecule has 0 N–H and O–H groups in total. The summed E-state index contributed by atoms with van der Waals surface area (Å²) in [4.78, 5) is 2.38. The van der Waals surface area contributed by atoms with Gasteiger partial charge in [-0.15, -0.1) is 0 Å². The zero-order valence-corrected chi connectivity index (χ0v) is 30.7. The first-order valence-electron chi connectivity index (χ1n) is 19.1. The van der Waals surface area contributed by atoms with E-state index in [1.54, 1.807) is 0 Å². The van der Waals surface area contributed by atoms with E-state index < -0.39 is 0 Å². The van der Waals surface area contributed by atoms with Crippen LogP contribution in [0.3, 0.4) is 0 Å². The molecule has 0 spiro atoms. The van der Waals surface area contributed by atoms with Gasteiger partial charge in [0.05, 0.1) is 11.2 Å². The lowest BCUT2D eigenvalue weighted by atomic mass is 9.96. The molecule has 8 aromatic carbocycles. The zero-order chi connectivity index (χ0) is 37.3. The third-order valence-corrected chi connectivity index (χ3v) is 10.5. The van der Waals surface area contributed by atoms with Crippen LogP contribution in [0.2, 0.25) is 0 Å². The standard InChI is InChI=1S/C53H37N3/c1-7-19-38(20-8-1)43-33-44(39-21-9-2-10-22-39)35-48(34-43)55(46-29-17-6-18-30-46)47-31-32-49-45(36-47)37-50(40-23-11-3-12-24-40)56-53(49)51(41-25-13-4-14-26-41)52(54-56)42-27-15-5-16-28-42/h1-37H. The van der Waals surface area contributed by atoms with Crippen molar-refractivity contribution in [2.45, 2.75) is 0 Å². The Morgan fingerprint density at radius 3 is 1.38 bits per heavy atom. The Bertz CT molecular complexity index is 2870. The molecule has 0 aliphatic heterocycles. The second kappa shape index (κ2) is 14.4. The van der Waals surface area contributed by atoms with Crippen molar-refractivity contribution in [2.75, 3.05) is 4.90 Å². The molecule has 0 aliphatic carbocycles. The number of hydrogen-bond donors (Lipinski definition) is 0. The van der Waals surface area contributed by atoms with Crippen molar-refractivity contribution >= 4 is 33.4 Å². The van der Waals surface area contributed by atoms with Gasteiger partial charge in [-0.2, -0.15) is 5.10 Å². The van der Waals surface area contributed by atoms with E-state index >= 15 is 0 Å². The molecule has 0 saturated heterocycles. The van der Waals surface area contributed by atoms with Crippen molar-refractivity contribution < 1.29 is 0 Å². The van der Waals surface area contributed by atoms with E-state index in [0.717, 1.165) is 78.1 Å². The van der Waals surface area contributed by atoms with Crippen molar-refractivity contribution in [3.8, 4) is 55.9 Å². The number of nitrogens with zero attached hydrogens (tertiary/aromatic N) is 3. The zero-order valence-electron chi connectivity index (χ0n) is 30.7. The molecule has 0 aliphatic rings. The number of rotatable bonds is 8. The van der Waals surface area contributed by atoms with Crippen LogP contribution in [0.5, 0.6) is 0 Å². The Morgan fingerprint density at radius 1 is 0.339 bits per heavy atom. The molecule has 10 aromatic rings. The monoisotopic (exact) mass is 715 g/mol. The number of benzene rings is 8. The average molecular weight is 716 g/mol. The predicted octanol–water partition coefficient (Wildman–Crippen LogP) is 14.3. The molecule has 2 heterocycles. The lowest BCUT2D eigenvalue weighted by molar-refractivity contribution is 0.979. The van der Waals surface area contributed by atoms with Gasteiger partial charge in [0.1, 0.15) is 5.69 Å². The molecular formula is C53H37N3. The minimum Gasteiger partial charge on any atom is -0.310 e. The highest BCUT2D eigenvalue weighted by Crippen LogP contribution is 2.44. The number of hydrogen-bond acceptors (Lipinski definition) is 2. The van der Waals surface area contributed by atoms with E-state index in [1.165, 1.54) is 11.1 Å². The molecule has 0 bridgehead atoms. The van der Waals surface area contributed by atoms with E-state index in [4.69, 9.17) is 5.10 Å². The van der Waals surface area contributed by atoms with E-state index in [-0.39, 0.29) is 0 Å². The average Bonchev–Trinajstić information content (AvgIpc) is 3.69. The molecule has 56 heavy (non-hydrogen) atoms. The smallest absolute Gasteiger partial charge is 0.101 e. The first-order valence-corrected chi connectivity index (χ1v) is 19.1. The lowest BCUT2D eigenvalue weighted by Gasteiger charge is -2.27. The molecule has 0 radical (unpaired) electrons. The van der Waals surface area contributed by atoms with Crippen LogP contribution in [0, 0.1) is 0 Å². The summed E-state index contributed by atoms with van der Waals surface area (Å²) in [6, 6.07) is 80.0. The van der Waals surface area contributed by atoms with Crippen LogP contribution >= 0.6 is 0 Å². The largest absolute Gasteiger partial charge is 0.310 e. The Labute approximate surface area is 327 Å². The van der Waals surface area contributed by atoms with E-state index in [9.17, 15) is 0 Å². The molecule has 2 aromatic heterocycles. The summed E-state index contributed by atoms with van der Waals surface area (Å²) >= 11 is 0. The third-order valence-electron chi connectivity index (χ3n) is 10.5.